The van der Waals surface area contributed by atoms with Crippen LogP contribution in [0, 0.1) is 0 Å². The van der Waals surface area contributed by atoms with Crippen LogP contribution in [-0.2, 0) is 4.79 Å². The molecular weight excluding hydrogens is 288 g/mol. The van der Waals surface area contributed by atoms with Crippen molar-refractivity contribution in [2.24, 2.45) is 0 Å². The number of aliphatic hydroxyl groups is 1. The number of unbranched alkanes of at least 4 members (excludes halogenated alkanes) is 4. The molecule has 1 atom stereocenters. The van der Waals surface area contributed by atoms with Crippen LogP contribution in [0.25, 0.3) is 0 Å². The summed E-state index contributed by atoms with van der Waals surface area (Å²) in [4.78, 5) is 10.3. The average molecular weight is 322 g/mol. The standard InChI is InChI=1S/C20H34O3/c1-2-3-4-5-7-10-13-16-19(21)17-14-11-8-6-9-12-15-18-20(22)23/h6-7,9-11,14,19,21H,2-5,8,12-13,15-18H2,1H3,(H,22,23)/b9-6-,10-7-,14-11-/t19-/m1/s1. The van der Waals surface area contributed by atoms with Crippen LogP contribution in [-0.4, -0.2) is 22.3 Å². The Kier molecular flexibility index (Phi) is 16.0. The summed E-state index contributed by atoms with van der Waals surface area (Å²) in [5.74, 6) is -0.733. The third-order valence-corrected chi connectivity index (χ3v) is 3.58. The number of hydrogen-bond acceptors (Lipinski definition) is 2. The lowest BCUT2D eigenvalue weighted by Crippen LogP contribution is -2.03. The van der Waals surface area contributed by atoms with Crippen LogP contribution in [0.2, 0.25) is 0 Å². The van der Waals surface area contributed by atoms with Crippen molar-refractivity contribution in [2.45, 2.75) is 83.7 Å². The largest absolute Gasteiger partial charge is 0.481 e. The Morgan fingerprint density at radius 1 is 0.913 bits per heavy atom. The summed E-state index contributed by atoms with van der Waals surface area (Å²) in [6.07, 6.45) is 22.3. The van der Waals surface area contributed by atoms with Gasteiger partial charge in [0.25, 0.3) is 0 Å². The zero-order valence-corrected chi connectivity index (χ0v) is 14.6. The van der Waals surface area contributed by atoms with Gasteiger partial charge >= 0.3 is 5.97 Å². The fourth-order valence-electron chi connectivity index (χ4n) is 2.17. The number of hydrogen-bond donors (Lipinski definition) is 2. The summed E-state index contributed by atoms with van der Waals surface area (Å²) in [6, 6.07) is 0. The van der Waals surface area contributed by atoms with Crippen molar-refractivity contribution >= 4 is 5.97 Å². The zero-order valence-electron chi connectivity index (χ0n) is 14.6. The van der Waals surface area contributed by atoms with Gasteiger partial charge in [-0.25, -0.2) is 0 Å². The molecule has 132 valence electrons. The van der Waals surface area contributed by atoms with E-state index in [0.717, 1.165) is 32.1 Å². The number of carboxylic acid groups (broad SMARTS) is 1. The van der Waals surface area contributed by atoms with Gasteiger partial charge in [0.1, 0.15) is 0 Å². The van der Waals surface area contributed by atoms with Gasteiger partial charge in [0.15, 0.2) is 0 Å². The number of carbonyl (C=O) groups is 1. The van der Waals surface area contributed by atoms with Crippen molar-refractivity contribution in [1.29, 1.82) is 0 Å². The highest BCUT2D eigenvalue weighted by Gasteiger charge is 1.98. The van der Waals surface area contributed by atoms with Crippen molar-refractivity contribution in [3.8, 4) is 0 Å². The van der Waals surface area contributed by atoms with Gasteiger partial charge in [-0.1, -0.05) is 56.2 Å². The summed E-state index contributed by atoms with van der Waals surface area (Å²) < 4.78 is 0. The van der Waals surface area contributed by atoms with Crippen LogP contribution < -0.4 is 0 Å². The Hall–Kier alpha value is -1.35. The molecule has 0 aromatic heterocycles. The smallest absolute Gasteiger partial charge is 0.303 e. The van der Waals surface area contributed by atoms with Crippen LogP contribution in [0.5, 0.6) is 0 Å². The first kappa shape index (κ1) is 21.6. The predicted octanol–water partition coefficient (Wildman–Crippen LogP) is 5.41. The minimum atomic E-state index is -0.733. The minimum absolute atomic E-state index is 0.236. The Morgan fingerprint density at radius 2 is 1.57 bits per heavy atom. The molecule has 0 heterocycles. The molecule has 0 aromatic rings. The molecule has 0 rings (SSSR count). The number of rotatable bonds is 15. The van der Waals surface area contributed by atoms with E-state index in [1.54, 1.807) is 0 Å². The van der Waals surface area contributed by atoms with Crippen molar-refractivity contribution < 1.29 is 15.0 Å². The SMILES string of the molecule is CCCCC/C=C\CC[C@@H](O)C/C=C\C/C=C\CCCC(=O)O. The van der Waals surface area contributed by atoms with Gasteiger partial charge in [0.2, 0.25) is 0 Å². The van der Waals surface area contributed by atoms with Gasteiger partial charge in [0, 0.05) is 6.42 Å². The van der Waals surface area contributed by atoms with E-state index in [1.807, 2.05) is 18.2 Å². The average Bonchev–Trinajstić information content (AvgIpc) is 2.52. The highest BCUT2D eigenvalue weighted by molar-refractivity contribution is 5.66. The van der Waals surface area contributed by atoms with Gasteiger partial charge in [0.05, 0.1) is 6.10 Å². The summed E-state index contributed by atoms with van der Waals surface area (Å²) in [7, 11) is 0. The van der Waals surface area contributed by atoms with E-state index in [-0.39, 0.29) is 12.5 Å². The second kappa shape index (κ2) is 17.0. The summed E-state index contributed by atoms with van der Waals surface area (Å²) >= 11 is 0. The fourth-order valence-corrected chi connectivity index (χ4v) is 2.17. The Morgan fingerprint density at radius 3 is 2.30 bits per heavy atom. The van der Waals surface area contributed by atoms with E-state index in [9.17, 15) is 9.90 Å². The van der Waals surface area contributed by atoms with Crippen molar-refractivity contribution in [3.05, 3.63) is 36.5 Å². The molecule has 0 saturated heterocycles. The molecule has 2 N–H and O–H groups in total. The third-order valence-electron chi connectivity index (χ3n) is 3.58. The van der Waals surface area contributed by atoms with Gasteiger partial charge in [-0.05, 0) is 51.4 Å². The predicted molar refractivity (Wildman–Crippen MR) is 97.5 cm³/mol. The second-order valence-corrected chi connectivity index (χ2v) is 5.90. The van der Waals surface area contributed by atoms with Crippen LogP contribution >= 0.6 is 0 Å². The number of carboxylic acids is 1. The Balaban J connectivity index is 3.48. The Bertz CT molecular complexity index is 356. The molecule has 23 heavy (non-hydrogen) atoms. The molecule has 0 bridgehead atoms. The molecule has 0 amide bonds. The summed E-state index contributed by atoms with van der Waals surface area (Å²) in [6.45, 7) is 2.21. The highest BCUT2D eigenvalue weighted by Crippen LogP contribution is 2.06. The molecule has 0 spiro atoms. The molecule has 0 aliphatic rings. The summed E-state index contributed by atoms with van der Waals surface area (Å²) in [5.41, 5.74) is 0. The number of aliphatic carboxylic acids is 1. The first-order valence-electron chi connectivity index (χ1n) is 9.01. The van der Waals surface area contributed by atoms with Crippen LogP contribution in [0.15, 0.2) is 36.5 Å². The number of aliphatic hydroxyl groups excluding tert-OH is 1. The molecule has 0 aromatic carbocycles. The van der Waals surface area contributed by atoms with E-state index >= 15 is 0 Å². The maximum absolute atomic E-state index is 10.3. The molecule has 0 aliphatic heterocycles. The Labute approximate surface area is 141 Å². The monoisotopic (exact) mass is 322 g/mol. The van der Waals surface area contributed by atoms with Gasteiger partial charge < -0.3 is 10.2 Å². The van der Waals surface area contributed by atoms with Crippen molar-refractivity contribution in [3.63, 3.8) is 0 Å². The normalized spacial score (nSPS) is 13.5. The molecule has 0 saturated carbocycles. The molecule has 0 aliphatic carbocycles. The minimum Gasteiger partial charge on any atom is -0.481 e. The van der Waals surface area contributed by atoms with E-state index in [1.165, 1.54) is 19.3 Å². The van der Waals surface area contributed by atoms with Gasteiger partial charge in [-0.3, -0.25) is 4.79 Å². The first-order valence-corrected chi connectivity index (χ1v) is 9.01. The fraction of sp³-hybridized carbons (Fsp3) is 0.650. The molecular formula is C20H34O3. The van der Waals surface area contributed by atoms with Crippen LogP contribution in [0.3, 0.4) is 0 Å². The van der Waals surface area contributed by atoms with E-state index in [0.29, 0.717) is 12.8 Å². The third kappa shape index (κ3) is 18.6. The van der Waals surface area contributed by atoms with Crippen LogP contribution in [0.4, 0.5) is 0 Å². The van der Waals surface area contributed by atoms with Crippen molar-refractivity contribution in [1.82, 2.24) is 0 Å². The quantitative estimate of drug-likeness (QED) is 0.313. The lowest BCUT2D eigenvalue weighted by atomic mass is 10.1. The van der Waals surface area contributed by atoms with Crippen LogP contribution in [0.1, 0.15) is 77.6 Å². The van der Waals surface area contributed by atoms with E-state index in [2.05, 4.69) is 25.2 Å². The maximum atomic E-state index is 10.3. The second-order valence-electron chi connectivity index (χ2n) is 5.90. The lowest BCUT2D eigenvalue weighted by Gasteiger charge is -2.04. The summed E-state index contributed by atoms with van der Waals surface area (Å²) in [5, 5.41) is 18.4. The van der Waals surface area contributed by atoms with Crippen molar-refractivity contribution in [2.75, 3.05) is 0 Å². The van der Waals surface area contributed by atoms with Gasteiger partial charge in [-0.2, -0.15) is 0 Å². The molecule has 0 radical (unpaired) electrons. The molecule has 3 nitrogen and oxygen atoms in total. The van der Waals surface area contributed by atoms with Gasteiger partial charge in [-0.15, -0.1) is 0 Å². The number of allylic oxidation sites excluding steroid dienone is 5. The molecule has 3 heteroatoms. The topological polar surface area (TPSA) is 57.5 Å². The van der Waals surface area contributed by atoms with E-state index in [4.69, 9.17) is 5.11 Å². The lowest BCUT2D eigenvalue weighted by molar-refractivity contribution is -0.137. The highest BCUT2D eigenvalue weighted by atomic mass is 16.4. The molecule has 0 unspecified atom stereocenters. The molecule has 0 fully saturated rings. The van der Waals surface area contributed by atoms with E-state index < -0.39 is 5.97 Å². The zero-order chi connectivity index (χ0) is 17.2. The first-order chi connectivity index (χ1) is 11.2. The maximum Gasteiger partial charge on any atom is 0.303 e.